The second-order valence-corrected chi connectivity index (χ2v) is 8.68. The summed E-state index contributed by atoms with van der Waals surface area (Å²) in [5, 5.41) is 2.84. The largest absolute Gasteiger partial charge is 0.474 e. The fraction of sp³-hybridized carbons (Fsp3) is 0.647. The van der Waals surface area contributed by atoms with Crippen molar-refractivity contribution in [3.05, 3.63) is 23.9 Å². The quantitative estimate of drug-likeness (QED) is 0.822. The number of nitrogens with one attached hydrogen (secondary N) is 1. The van der Waals surface area contributed by atoms with E-state index in [9.17, 15) is 13.2 Å². The van der Waals surface area contributed by atoms with E-state index in [0.29, 0.717) is 25.3 Å². The van der Waals surface area contributed by atoms with Gasteiger partial charge in [-0.25, -0.2) is 13.4 Å². The first-order valence-electron chi connectivity index (χ1n) is 8.80. The summed E-state index contributed by atoms with van der Waals surface area (Å²) in [4.78, 5) is 16.7. The lowest BCUT2D eigenvalue weighted by atomic mass is 10.2. The Balaban J connectivity index is 1.62. The normalized spacial score (nSPS) is 22.2. The van der Waals surface area contributed by atoms with Crippen molar-refractivity contribution in [1.82, 2.24) is 14.6 Å². The minimum atomic E-state index is -3.37. The number of pyridine rings is 1. The lowest BCUT2D eigenvalue weighted by molar-refractivity contribution is -0.124. The summed E-state index contributed by atoms with van der Waals surface area (Å²) in [6, 6.07) is 3.06. The van der Waals surface area contributed by atoms with E-state index < -0.39 is 16.1 Å². The van der Waals surface area contributed by atoms with Gasteiger partial charge in [0, 0.05) is 24.8 Å². The van der Waals surface area contributed by atoms with Crippen molar-refractivity contribution in [2.75, 3.05) is 12.8 Å². The highest BCUT2D eigenvalue weighted by molar-refractivity contribution is 7.88. The van der Waals surface area contributed by atoms with Gasteiger partial charge in [0.1, 0.15) is 12.1 Å². The third-order valence-electron chi connectivity index (χ3n) is 4.82. The maximum absolute atomic E-state index is 12.5. The number of nitrogens with zero attached hydrogens (tertiary/aromatic N) is 2. The number of rotatable bonds is 6. The minimum absolute atomic E-state index is 0.194. The zero-order valence-corrected chi connectivity index (χ0v) is 15.3. The molecule has 1 saturated heterocycles. The van der Waals surface area contributed by atoms with Crippen molar-refractivity contribution >= 4 is 15.9 Å². The molecule has 0 unspecified atom stereocenters. The van der Waals surface area contributed by atoms with Crippen LogP contribution < -0.4 is 10.1 Å². The van der Waals surface area contributed by atoms with Gasteiger partial charge in [0.15, 0.2) is 0 Å². The lowest BCUT2D eigenvalue weighted by Crippen LogP contribution is -2.45. The van der Waals surface area contributed by atoms with E-state index in [1.54, 1.807) is 12.3 Å². The lowest BCUT2D eigenvalue weighted by Gasteiger charge is -2.21. The maximum Gasteiger partial charge on any atom is 0.238 e. The molecular weight excluding hydrogens is 342 g/mol. The molecule has 1 aliphatic carbocycles. The summed E-state index contributed by atoms with van der Waals surface area (Å²) in [6.07, 6.45) is 8.69. The van der Waals surface area contributed by atoms with Crippen LogP contribution in [-0.2, 0) is 21.4 Å². The number of amides is 1. The first-order chi connectivity index (χ1) is 11.9. The van der Waals surface area contributed by atoms with Crippen molar-refractivity contribution in [1.29, 1.82) is 0 Å². The molecule has 0 aromatic carbocycles. The molecule has 7 nitrogen and oxygen atoms in total. The Labute approximate surface area is 148 Å². The molecule has 0 spiro atoms. The van der Waals surface area contributed by atoms with Crippen LogP contribution >= 0.6 is 0 Å². The number of hydrogen-bond acceptors (Lipinski definition) is 5. The van der Waals surface area contributed by atoms with Gasteiger partial charge in [-0.1, -0.05) is 6.07 Å². The minimum Gasteiger partial charge on any atom is -0.474 e. The SMILES string of the molecule is CS(=O)(=O)N1CCC[C@H]1C(=O)NCc1cccnc1OC1CCCC1. The molecule has 2 fully saturated rings. The summed E-state index contributed by atoms with van der Waals surface area (Å²) in [6.45, 7) is 0.683. The third kappa shape index (κ3) is 4.49. The predicted molar refractivity (Wildman–Crippen MR) is 93.5 cm³/mol. The molecule has 0 radical (unpaired) electrons. The molecule has 1 aromatic heterocycles. The fourth-order valence-corrected chi connectivity index (χ4v) is 4.65. The van der Waals surface area contributed by atoms with Crippen LogP contribution in [0.3, 0.4) is 0 Å². The molecule has 1 atom stereocenters. The van der Waals surface area contributed by atoms with Crippen LogP contribution in [0.2, 0.25) is 0 Å². The van der Waals surface area contributed by atoms with E-state index in [4.69, 9.17) is 4.74 Å². The second kappa shape index (κ2) is 7.70. The van der Waals surface area contributed by atoms with E-state index in [1.165, 1.54) is 17.1 Å². The van der Waals surface area contributed by atoms with Crippen LogP contribution in [0.5, 0.6) is 5.88 Å². The highest BCUT2D eigenvalue weighted by atomic mass is 32.2. The summed E-state index contributed by atoms with van der Waals surface area (Å²) in [7, 11) is -3.37. The van der Waals surface area contributed by atoms with Gasteiger partial charge in [-0.05, 0) is 44.6 Å². The molecule has 1 saturated carbocycles. The average molecular weight is 367 g/mol. The fourth-order valence-electron chi connectivity index (χ4n) is 3.53. The number of hydrogen-bond donors (Lipinski definition) is 1. The molecule has 1 amide bonds. The van der Waals surface area contributed by atoms with Gasteiger partial charge < -0.3 is 10.1 Å². The number of carbonyl (C=O) groups is 1. The van der Waals surface area contributed by atoms with Gasteiger partial charge in [0.2, 0.25) is 21.8 Å². The number of sulfonamides is 1. The molecule has 2 heterocycles. The summed E-state index contributed by atoms with van der Waals surface area (Å²) >= 11 is 0. The Hall–Kier alpha value is -1.67. The Morgan fingerprint density at radius 1 is 1.32 bits per heavy atom. The van der Waals surface area contributed by atoms with Crippen LogP contribution in [0, 0.1) is 0 Å². The third-order valence-corrected chi connectivity index (χ3v) is 6.10. The molecule has 0 bridgehead atoms. The molecule has 138 valence electrons. The van der Waals surface area contributed by atoms with E-state index in [0.717, 1.165) is 24.7 Å². The van der Waals surface area contributed by atoms with E-state index >= 15 is 0 Å². The molecule has 2 aliphatic rings. The van der Waals surface area contributed by atoms with Crippen molar-refractivity contribution in [2.24, 2.45) is 0 Å². The molecule has 8 heteroatoms. The standard InChI is InChI=1S/C17H25N3O4S/c1-25(22,23)20-11-5-9-15(20)16(21)19-12-13-6-4-10-18-17(13)24-14-7-2-3-8-14/h4,6,10,14-15H,2-3,5,7-9,11-12H2,1H3,(H,19,21)/t15-/m0/s1. The highest BCUT2D eigenvalue weighted by Gasteiger charge is 2.36. The Bertz CT molecular complexity index is 716. The average Bonchev–Trinajstić information content (AvgIpc) is 3.24. The zero-order valence-electron chi connectivity index (χ0n) is 14.5. The van der Waals surface area contributed by atoms with Crippen molar-refractivity contribution < 1.29 is 17.9 Å². The highest BCUT2D eigenvalue weighted by Crippen LogP contribution is 2.25. The Morgan fingerprint density at radius 2 is 2.08 bits per heavy atom. The van der Waals surface area contributed by atoms with Gasteiger partial charge in [-0.2, -0.15) is 4.31 Å². The number of aromatic nitrogens is 1. The van der Waals surface area contributed by atoms with Crippen LogP contribution in [0.25, 0.3) is 0 Å². The van der Waals surface area contributed by atoms with E-state index in [-0.39, 0.29) is 18.6 Å². The van der Waals surface area contributed by atoms with Crippen molar-refractivity contribution in [3.8, 4) is 5.88 Å². The van der Waals surface area contributed by atoms with Gasteiger partial charge in [-0.15, -0.1) is 0 Å². The molecule has 25 heavy (non-hydrogen) atoms. The van der Waals surface area contributed by atoms with Crippen LogP contribution in [0.1, 0.15) is 44.1 Å². The Kier molecular flexibility index (Phi) is 5.58. The van der Waals surface area contributed by atoms with Gasteiger partial charge in [0.05, 0.1) is 6.26 Å². The first kappa shape index (κ1) is 18.1. The Morgan fingerprint density at radius 3 is 2.80 bits per heavy atom. The number of ether oxygens (including phenoxy) is 1. The monoisotopic (exact) mass is 367 g/mol. The van der Waals surface area contributed by atoms with Crippen molar-refractivity contribution in [3.63, 3.8) is 0 Å². The second-order valence-electron chi connectivity index (χ2n) is 6.74. The van der Waals surface area contributed by atoms with Gasteiger partial charge in [0.25, 0.3) is 0 Å². The summed E-state index contributed by atoms with van der Waals surface area (Å²) in [5.41, 5.74) is 0.812. The topological polar surface area (TPSA) is 88.6 Å². The summed E-state index contributed by atoms with van der Waals surface area (Å²) in [5.74, 6) is 0.291. The molecular formula is C17H25N3O4S. The molecule has 1 aromatic rings. The van der Waals surface area contributed by atoms with Crippen LogP contribution in [0.15, 0.2) is 18.3 Å². The predicted octanol–water partition coefficient (Wildman–Crippen LogP) is 1.44. The zero-order chi connectivity index (χ0) is 17.9. The van der Waals surface area contributed by atoms with E-state index in [1.807, 2.05) is 6.07 Å². The summed E-state index contributed by atoms with van der Waals surface area (Å²) < 4.78 is 30.8. The van der Waals surface area contributed by atoms with Crippen molar-refractivity contribution in [2.45, 2.75) is 57.2 Å². The molecule has 1 N–H and O–H groups in total. The number of carbonyl (C=O) groups excluding carboxylic acids is 1. The van der Waals surface area contributed by atoms with Gasteiger partial charge >= 0.3 is 0 Å². The smallest absolute Gasteiger partial charge is 0.238 e. The van der Waals surface area contributed by atoms with E-state index in [2.05, 4.69) is 10.3 Å². The maximum atomic E-state index is 12.5. The van der Waals surface area contributed by atoms with Crippen LogP contribution in [0.4, 0.5) is 0 Å². The molecule has 3 rings (SSSR count). The van der Waals surface area contributed by atoms with Crippen LogP contribution in [-0.4, -0.2) is 48.6 Å². The first-order valence-corrected chi connectivity index (χ1v) is 10.6. The molecule has 1 aliphatic heterocycles. The van der Waals surface area contributed by atoms with Gasteiger partial charge in [-0.3, -0.25) is 4.79 Å².